The first-order valence-corrected chi connectivity index (χ1v) is 5.23. The third-order valence-electron chi connectivity index (χ3n) is 1.97. The zero-order valence-corrected chi connectivity index (χ0v) is 10.2. The van der Waals surface area contributed by atoms with Gasteiger partial charge in [-0.2, -0.15) is 13.2 Å². The predicted molar refractivity (Wildman–Crippen MR) is 57.4 cm³/mol. The van der Waals surface area contributed by atoms with Crippen molar-refractivity contribution in [3.63, 3.8) is 0 Å². The fourth-order valence-electron chi connectivity index (χ4n) is 1.24. The number of rotatable bonds is 3. The van der Waals surface area contributed by atoms with Gasteiger partial charge in [-0.25, -0.2) is 4.79 Å². The minimum Gasteiger partial charge on any atom is -0.484 e. The molecule has 17 heavy (non-hydrogen) atoms. The SMILES string of the molecule is Cc1c(OCC(F)(F)F)ccc(Br)c1C(=O)O. The van der Waals surface area contributed by atoms with Gasteiger partial charge >= 0.3 is 12.1 Å². The third-order valence-corrected chi connectivity index (χ3v) is 2.63. The molecule has 0 aromatic heterocycles. The molecule has 0 aliphatic carbocycles. The number of carboxylic acid groups (broad SMARTS) is 1. The summed E-state index contributed by atoms with van der Waals surface area (Å²) in [4.78, 5) is 10.9. The molecule has 0 heterocycles. The molecule has 0 saturated heterocycles. The number of aromatic carboxylic acids is 1. The number of alkyl halides is 3. The average molecular weight is 313 g/mol. The molecule has 0 radical (unpaired) electrons. The fraction of sp³-hybridized carbons (Fsp3) is 0.300. The minimum atomic E-state index is -4.46. The Kier molecular flexibility index (Phi) is 4.03. The summed E-state index contributed by atoms with van der Waals surface area (Å²) >= 11 is 3.01. The van der Waals surface area contributed by atoms with Crippen LogP contribution in [0.2, 0.25) is 0 Å². The standard InChI is InChI=1S/C10H8BrF3O3/c1-5-7(17-4-10(12,13)14)3-2-6(11)8(5)9(15)16/h2-3H,4H2,1H3,(H,15,16). The van der Waals surface area contributed by atoms with E-state index in [2.05, 4.69) is 20.7 Å². The zero-order valence-electron chi connectivity index (χ0n) is 8.64. The van der Waals surface area contributed by atoms with Gasteiger partial charge in [-0.1, -0.05) is 0 Å². The highest BCUT2D eigenvalue weighted by molar-refractivity contribution is 9.10. The van der Waals surface area contributed by atoms with Crippen LogP contribution in [0.15, 0.2) is 16.6 Å². The number of benzene rings is 1. The van der Waals surface area contributed by atoms with Crippen molar-refractivity contribution in [2.45, 2.75) is 13.1 Å². The molecule has 1 rings (SSSR count). The van der Waals surface area contributed by atoms with Crippen LogP contribution in [0.5, 0.6) is 5.75 Å². The van der Waals surface area contributed by atoms with Crippen LogP contribution in [-0.4, -0.2) is 23.9 Å². The van der Waals surface area contributed by atoms with E-state index in [9.17, 15) is 18.0 Å². The van der Waals surface area contributed by atoms with Crippen LogP contribution >= 0.6 is 15.9 Å². The number of hydrogen-bond donors (Lipinski definition) is 1. The number of halogens is 4. The second-order valence-electron chi connectivity index (χ2n) is 3.25. The van der Waals surface area contributed by atoms with Crippen LogP contribution in [-0.2, 0) is 0 Å². The Labute approximate surface area is 103 Å². The molecule has 0 bridgehead atoms. The Balaban J connectivity index is 3.03. The summed E-state index contributed by atoms with van der Waals surface area (Å²) in [5.74, 6) is -1.32. The van der Waals surface area contributed by atoms with E-state index < -0.39 is 18.8 Å². The summed E-state index contributed by atoms with van der Waals surface area (Å²) in [6.07, 6.45) is -4.46. The normalized spacial score (nSPS) is 11.4. The Bertz CT molecular complexity index is 443. The van der Waals surface area contributed by atoms with Gasteiger partial charge in [-0.3, -0.25) is 0 Å². The number of ether oxygens (including phenoxy) is 1. The number of hydrogen-bond acceptors (Lipinski definition) is 2. The van der Waals surface area contributed by atoms with Crippen LogP contribution < -0.4 is 4.74 Å². The van der Waals surface area contributed by atoms with E-state index in [1.807, 2.05) is 0 Å². The van der Waals surface area contributed by atoms with E-state index in [0.29, 0.717) is 4.47 Å². The van der Waals surface area contributed by atoms with E-state index in [-0.39, 0.29) is 16.9 Å². The van der Waals surface area contributed by atoms with Gasteiger partial charge in [0.15, 0.2) is 6.61 Å². The number of carbonyl (C=O) groups is 1. The molecule has 0 aliphatic heterocycles. The average Bonchev–Trinajstić information content (AvgIpc) is 2.14. The maximum atomic E-state index is 12.0. The highest BCUT2D eigenvalue weighted by Gasteiger charge is 2.29. The summed E-state index contributed by atoms with van der Waals surface area (Å²) in [6, 6.07) is 2.62. The lowest BCUT2D eigenvalue weighted by Gasteiger charge is -2.13. The molecule has 0 saturated carbocycles. The van der Waals surface area contributed by atoms with Crippen molar-refractivity contribution < 1.29 is 27.8 Å². The second-order valence-corrected chi connectivity index (χ2v) is 4.11. The minimum absolute atomic E-state index is 0.0945. The van der Waals surface area contributed by atoms with E-state index >= 15 is 0 Å². The smallest absolute Gasteiger partial charge is 0.422 e. The van der Waals surface area contributed by atoms with Gasteiger partial charge in [-0.15, -0.1) is 0 Å². The Morgan fingerprint density at radius 3 is 2.53 bits per heavy atom. The predicted octanol–water partition coefficient (Wildman–Crippen LogP) is 3.40. The molecular weight excluding hydrogens is 305 g/mol. The van der Waals surface area contributed by atoms with Gasteiger partial charge in [-0.05, 0) is 35.0 Å². The van der Waals surface area contributed by atoms with E-state index in [4.69, 9.17) is 5.11 Å². The van der Waals surface area contributed by atoms with Gasteiger partial charge in [0.2, 0.25) is 0 Å². The molecule has 94 valence electrons. The van der Waals surface area contributed by atoms with Crippen molar-refractivity contribution >= 4 is 21.9 Å². The lowest BCUT2D eigenvalue weighted by molar-refractivity contribution is -0.153. The Morgan fingerprint density at radius 1 is 1.47 bits per heavy atom. The van der Waals surface area contributed by atoms with Crippen molar-refractivity contribution in [3.8, 4) is 5.75 Å². The molecule has 0 amide bonds. The zero-order chi connectivity index (χ0) is 13.2. The fourth-order valence-corrected chi connectivity index (χ4v) is 1.84. The Morgan fingerprint density at radius 2 is 2.06 bits per heavy atom. The lowest BCUT2D eigenvalue weighted by atomic mass is 10.1. The van der Waals surface area contributed by atoms with Crippen molar-refractivity contribution in [1.29, 1.82) is 0 Å². The van der Waals surface area contributed by atoms with Crippen LogP contribution in [0, 0.1) is 6.92 Å². The van der Waals surface area contributed by atoms with Gasteiger partial charge in [0.05, 0.1) is 5.56 Å². The second kappa shape index (κ2) is 4.95. The van der Waals surface area contributed by atoms with Crippen LogP contribution in [0.4, 0.5) is 13.2 Å². The Hall–Kier alpha value is -1.24. The van der Waals surface area contributed by atoms with Crippen molar-refractivity contribution in [2.24, 2.45) is 0 Å². The largest absolute Gasteiger partial charge is 0.484 e. The lowest BCUT2D eigenvalue weighted by Crippen LogP contribution is -2.20. The molecular formula is C10H8BrF3O3. The van der Waals surface area contributed by atoms with Gasteiger partial charge in [0.25, 0.3) is 0 Å². The van der Waals surface area contributed by atoms with Gasteiger partial charge in [0, 0.05) is 10.0 Å². The molecule has 7 heteroatoms. The van der Waals surface area contributed by atoms with Crippen LogP contribution in [0.3, 0.4) is 0 Å². The maximum absolute atomic E-state index is 12.0. The summed E-state index contributed by atoms with van der Waals surface area (Å²) in [5, 5.41) is 8.89. The molecule has 1 aromatic rings. The maximum Gasteiger partial charge on any atom is 0.422 e. The van der Waals surface area contributed by atoms with Gasteiger partial charge < -0.3 is 9.84 Å². The quantitative estimate of drug-likeness (QED) is 0.930. The highest BCUT2D eigenvalue weighted by atomic mass is 79.9. The molecule has 0 unspecified atom stereocenters. The van der Waals surface area contributed by atoms with Crippen molar-refractivity contribution in [3.05, 3.63) is 27.7 Å². The van der Waals surface area contributed by atoms with Crippen molar-refractivity contribution in [2.75, 3.05) is 6.61 Å². The first-order valence-electron chi connectivity index (χ1n) is 4.44. The molecule has 1 aromatic carbocycles. The van der Waals surface area contributed by atoms with E-state index in [1.54, 1.807) is 0 Å². The summed E-state index contributed by atoms with van der Waals surface area (Å²) in [7, 11) is 0. The first-order chi connectivity index (χ1) is 7.72. The summed E-state index contributed by atoms with van der Waals surface area (Å²) < 4.78 is 40.7. The molecule has 3 nitrogen and oxygen atoms in total. The molecule has 0 aliphatic rings. The van der Waals surface area contributed by atoms with Crippen LogP contribution in [0.1, 0.15) is 15.9 Å². The topological polar surface area (TPSA) is 46.5 Å². The highest BCUT2D eigenvalue weighted by Crippen LogP contribution is 2.29. The molecule has 0 spiro atoms. The van der Waals surface area contributed by atoms with E-state index in [1.165, 1.54) is 19.1 Å². The summed E-state index contributed by atoms with van der Waals surface area (Å²) in [5.41, 5.74) is 0.0424. The first kappa shape index (κ1) is 13.8. The van der Waals surface area contributed by atoms with Crippen LogP contribution in [0.25, 0.3) is 0 Å². The third kappa shape index (κ3) is 3.62. The monoisotopic (exact) mass is 312 g/mol. The van der Waals surface area contributed by atoms with Crippen molar-refractivity contribution in [1.82, 2.24) is 0 Å². The van der Waals surface area contributed by atoms with E-state index in [0.717, 1.165) is 0 Å². The van der Waals surface area contributed by atoms with Gasteiger partial charge in [0.1, 0.15) is 5.75 Å². The molecule has 0 atom stereocenters. The molecule has 1 N–H and O–H groups in total. The molecule has 0 fully saturated rings. The summed E-state index contributed by atoms with van der Waals surface area (Å²) in [6.45, 7) is -0.0611. The number of carboxylic acids is 1.